The SMILES string of the molecule is COc1cc(-c2nc(-c3ccccn3)no2)ccc1OC(F)F. The van der Waals surface area contributed by atoms with Gasteiger partial charge in [0.05, 0.1) is 7.11 Å². The molecule has 0 aliphatic rings. The van der Waals surface area contributed by atoms with Crippen LogP contribution in [0.1, 0.15) is 0 Å². The summed E-state index contributed by atoms with van der Waals surface area (Å²) >= 11 is 0. The number of hydrogen-bond donors (Lipinski definition) is 0. The van der Waals surface area contributed by atoms with Gasteiger partial charge >= 0.3 is 6.61 Å². The van der Waals surface area contributed by atoms with Crippen molar-refractivity contribution in [3.8, 4) is 34.5 Å². The number of alkyl halides is 2. The van der Waals surface area contributed by atoms with Crippen LogP contribution in [0.15, 0.2) is 47.1 Å². The molecule has 0 atom stereocenters. The monoisotopic (exact) mass is 319 g/mol. The van der Waals surface area contributed by atoms with Crippen LogP contribution in [0.3, 0.4) is 0 Å². The van der Waals surface area contributed by atoms with Gasteiger partial charge in [0.2, 0.25) is 5.82 Å². The summed E-state index contributed by atoms with van der Waals surface area (Å²) in [7, 11) is 1.35. The van der Waals surface area contributed by atoms with Gasteiger partial charge in [-0.2, -0.15) is 13.8 Å². The van der Waals surface area contributed by atoms with Gasteiger partial charge in [0.1, 0.15) is 5.69 Å². The number of halogens is 2. The minimum atomic E-state index is -2.94. The minimum absolute atomic E-state index is 0.0734. The largest absolute Gasteiger partial charge is 0.493 e. The third-order valence-electron chi connectivity index (χ3n) is 2.95. The summed E-state index contributed by atoms with van der Waals surface area (Å²) in [5, 5.41) is 3.85. The zero-order valence-electron chi connectivity index (χ0n) is 11.9. The Morgan fingerprint density at radius 3 is 2.70 bits per heavy atom. The maximum absolute atomic E-state index is 12.3. The fourth-order valence-electron chi connectivity index (χ4n) is 1.93. The fourth-order valence-corrected chi connectivity index (χ4v) is 1.93. The molecule has 3 rings (SSSR count). The zero-order chi connectivity index (χ0) is 16.2. The number of hydrogen-bond acceptors (Lipinski definition) is 6. The molecule has 0 radical (unpaired) electrons. The van der Waals surface area contributed by atoms with Gasteiger partial charge in [-0.3, -0.25) is 4.98 Å². The highest BCUT2D eigenvalue weighted by Crippen LogP contribution is 2.33. The van der Waals surface area contributed by atoms with Gasteiger partial charge in [-0.25, -0.2) is 0 Å². The summed E-state index contributed by atoms with van der Waals surface area (Å²) in [5.41, 5.74) is 1.07. The van der Waals surface area contributed by atoms with E-state index in [-0.39, 0.29) is 17.4 Å². The second-order valence-electron chi connectivity index (χ2n) is 4.38. The van der Waals surface area contributed by atoms with E-state index < -0.39 is 6.61 Å². The molecule has 0 aliphatic carbocycles. The standard InChI is InChI=1S/C15H11F2N3O3/c1-21-12-8-9(5-6-11(12)22-15(16)17)14-19-13(20-23-14)10-4-2-3-7-18-10/h2-8,15H,1H3. The molecule has 3 aromatic rings. The van der Waals surface area contributed by atoms with E-state index in [1.165, 1.54) is 25.3 Å². The van der Waals surface area contributed by atoms with Crippen molar-refractivity contribution >= 4 is 0 Å². The van der Waals surface area contributed by atoms with E-state index in [9.17, 15) is 8.78 Å². The number of rotatable bonds is 5. The van der Waals surface area contributed by atoms with Crippen LogP contribution in [0.25, 0.3) is 23.0 Å². The highest BCUT2D eigenvalue weighted by molar-refractivity contribution is 5.61. The molecule has 2 aromatic heterocycles. The molecule has 8 heteroatoms. The Morgan fingerprint density at radius 2 is 2.00 bits per heavy atom. The van der Waals surface area contributed by atoms with E-state index in [1.54, 1.807) is 24.4 Å². The number of aromatic nitrogens is 3. The van der Waals surface area contributed by atoms with Crippen molar-refractivity contribution in [3.05, 3.63) is 42.6 Å². The lowest BCUT2D eigenvalue weighted by Gasteiger charge is -2.09. The first-order valence-corrected chi connectivity index (χ1v) is 6.55. The number of methoxy groups -OCH3 is 1. The third-order valence-corrected chi connectivity index (χ3v) is 2.95. The third kappa shape index (κ3) is 3.25. The quantitative estimate of drug-likeness (QED) is 0.718. The normalized spacial score (nSPS) is 10.8. The molecule has 0 fully saturated rings. The summed E-state index contributed by atoms with van der Waals surface area (Å²) in [6.45, 7) is -2.94. The van der Waals surface area contributed by atoms with Gasteiger partial charge in [0.15, 0.2) is 11.5 Å². The van der Waals surface area contributed by atoms with Crippen LogP contribution in [0.5, 0.6) is 11.5 Å². The molecule has 0 amide bonds. The van der Waals surface area contributed by atoms with Crippen LogP contribution >= 0.6 is 0 Å². The zero-order valence-corrected chi connectivity index (χ0v) is 11.9. The Hall–Kier alpha value is -3.03. The molecule has 23 heavy (non-hydrogen) atoms. The van der Waals surface area contributed by atoms with Crippen molar-refractivity contribution in [1.82, 2.24) is 15.1 Å². The second-order valence-corrected chi connectivity index (χ2v) is 4.38. The summed E-state index contributed by atoms with van der Waals surface area (Å²) < 4.78 is 39.2. The first-order chi connectivity index (χ1) is 11.2. The molecule has 0 aliphatic heterocycles. The van der Waals surface area contributed by atoms with Gasteiger partial charge in [-0.05, 0) is 30.3 Å². The first-order valence-electron chi connectivity index (χ1n) is 6.55. The topological polar surface area (TPSA) is 70.3 Å². The first kappa shape index (κ1) is 14.9. The van der Waals surface area contributed by atoms with Gasteiger partial charge < -0.3 is 14.0 Å². The molecular weight excluding hydrogens is 308 g/mol. The van der Waals surface area contributed by atoms with E-state index in [2.05, 4.69) is 19.9 Å². The van der Waals surface area contributed by atoms with Crippen LogP contribution in [0, 0.1) is 0 Å². The average molecular weight is 319 g/mol. The maximum Gasteiger partial charge on any atom is 0.387 e. The lowest BCUT2D eigenvalue weighted by molar-refractivity contribution is -0.0512. The predicted octanol–water partition coefficient (Wildman–Crippen LogP) is 3.41. The number of benzene rings is 1. The van der Waals surface area contributed by atoms with Gasteiger partial charge in [0, 0.05) is 11.8 Å². The minimum Gasteiger partial charge on any atom is -0.493 e. The molecule has 0 spiro atoms. The Bertz CT molecular complexity index is 794. The molecule has 0 N–H and O–H groups in total. The summed E-state index contributed by atoms with van der Waals surface area (Å²) in [5.74, 6) is 0.608. The molecule has 6 nitrogen and oxygen atoms in total. The van der Waals surface area contributed by atoms with Gasteiger partial charge in [-0.15, -0.1) is 0 Å². The van der Waals surface area contributed by atoms with Crippen molar-refractivity contribution in [1.29, 1.82) is 0 Å². The maximum atomic E-state index is 12.3. The summed E-state index contributed by atoms with van der Waals surface area (Å²) in [4.78, 5) is 8.36. The van der Waals surface area contributed by atoms with Gasteiger partial charge in [0.25, 0.3) is 5.89 Å². The van der Waals surface area contributed by atoms with E-state index in [4.69, 9.17) is 9.26 Å². The van der Waals surface area contributed by atoms with Crippen LogP contribution in [0.4, 0.5) is 8.78 Å². The number of ether oxygens (including phenoxy) is 2. The second kappa shape index (κ2) is 6.39. The van der Waals surface area contributed by atoms with E-state index in [0.29, 0.717) is 17.1 Å². The Morgan fingerprint density at radius 1 is 1.13 bits per heavy atom. The van der Waals surface area contributed by atoms with Crippen LogP contribution in [0.2, 0.25) is 0 Å². The highest BCUT2D eigenvalue weighted by atomic mass is 19.3. The molecule has 1 aromatic carbocycles. The molecule has 0 bridgehead atoms. The molecule has 2 heterocycles. The lowest BCUT2D eigenvalue weighted by Crippen LogP contribution is -2.03. The Balaban J connectivity index is 1.92. The van der Waals surface area contributed by atoms with E-state index in [1.807, 2.05) is 0 Å². The van der Waals surface area contributed by atoms with E-state index in [0.717, 1.165) is 0 Å². The number of nitrogens with zero attached hydrogens (tertiary/aromatic N) is 3. The molecule has 118 valence electrons. The van der Waals surface area contributed by atoms with Crippen LogP contribution < -0.4 is 9.47 Å². The van der Waals surface area contributed by atoms with Crippen molar-refractivity contribution in [2.75, 3.05) is 7.11 Å². The van der Waals surface area contributed by atoms with Gasteiger partial charge in [-0.1, -0.05) is 11.2 Å². The molecule has 0 saturated heterocycles. The van der Waals surface area contributed by atoms with Crippen LogP contribution in [-0.4, -0.2) is 28.8 Å². The predicted molar refractivity (Wildman–Crippen MR) is 76.1 cm³/mol. The van der Waals surface area contributed by atoms with Crippen molar-refractivity contribution < 1.29 is 22.8 Å². The van der Waals surface area contributed by atoms with Crippen molar-refractivity contribution in [2.24, 2.45) is 0 Å². The highest BCUT2D eigenvalue weighted by Gasteiger charge is 2.15. The summed E-state index contributed by atoms with van der Waals surface area (Å²) in [6, 6.07) is 9.68. The average Bonchev–Trinajstić information content (AvgIpc) is 3.05. The molecular formula is C15H11F2N3O3. The Kier molecular flexibility index (Phi) is 4.13. The van der Waals surface area contributed by atoms with E-state index >= 15 is 0 Å². The molecule has 0 unspecified atom stereocenters. The fraction of sp³-hybridized carbons (Fsp3) is 0.133. The number of pyridine rings is 1. The molecule has 0 saturated carbocycles. The van der Waals surface area contributed by atoms with Crippen molar-refractivity contribution in [3.63, 3.8) is 0 Å². The van der Waals surface area contributed by atoms with Crippen molar-refractivity contribution in [2.45, 2.75) is 6.61 Å². The van der Waals surface area contributed by atoms with Crippen LogP contribution in [-0.2, 0) is 0 Å². The summed E-state index contributed by atoms with van der Waals surface area (Å²) in [6.07, 6.45) is 1.62. The smallest absolute Gasteiger partial charge is 0.387 e. The lowest BCUT2D eigenvalue weighted by atomic mass is 10.2. The Labute approximate surface area is 129 Å².